The zero-order valence-electron chi connectivity index (χ0n) is 14.4. The largest absolute Gasteiger partial charge is 0.378 e. The average molecular weight is 330 g/mol. The number of nitrogens with one attached hydrogen (secondary N) is 1. The van der Waals surface area contributed by atoms with Gasteiger partial charge in [-0.2, -0.15) is 0 Å². The summed E-state index contributed by atoms with van der Waals surface area (Å²) in [6, 6.07) is 7.94. The Hall–Kier alpha value is -2.83. The van der Waals surface area contributed by atoms with Crippen LogP contribution in [-0.2, 0) is 25.3 Å². The first-order valence-electron chi connectivity index (χ1n) is 7.62. The molecule has 0 spiro atoms. The second kappa shape index (κ2) is 7.16. The van der Waals surface area contributed by atoms with Crippen molar-refractivity contribution in [2.75, 3.05) is 24.3 Å². The Kier molecular flexibility index (Phi) is 5.23. The molecule has 0 aliphatic rings. The van der Waals surface area contributed by atoms with Crippen LogP contribution in [-0.4, -0.2) is 29.1 Å². The van der Waals surface area contributed by atoms with Crippen LogP contribution in [0.1, 0.15) is 12.0 Å². The Morgan fingerprint density at radius 2 is 1.92 bits per heavy atom. The van der Waals surface area contributed by atoms with Crippen LogP contribution in [0.15, 0.2) is 40.1 Å². The maximum absolute atomic E-state index is 12.1. The van der Waals surface area contributed by atoms with E-state index in [4.69, 9.17) is 0 Å². The van der Waals surface area contributed by atoms with E-state index < -0.39 is 11.2 Å². The summed E-state index contributed by atoms with van der Waals surface area (Å²) < 4.78 is 2.23. The fraction of sp³-hybridized carbons (Fsp3) is 0.353. The summed E-state index contributed by atoms with van der Waals surface area (Å²) in [5.74, 6) is -0.263. The number of amides is 1. The van der Waals surface area contributed by atoms with Crippen molar-refractivity contribution >= 4 is 17.3 Å². The quantitative estimate of drug-likeness (QED) is 0.876. The molecule has 0 fully saturated rings. The highest BCUT2D eigenvalue weighted by molar-refractivity contribution is 5.90. The number of aromatic nitrogens is 2. The summed E-state index contributed by atoms with van der Waals surface area (Å²) in [6.45, 7) is 0. The molecule has 2 aromatic rings. The lowest BCUT2D eigenvalue weighted by Crippen LogP contribution is -2.38. The van der Waals surface area contributed by atoms with E-state index in [1.54, 1.807) is 0 Å². The lowest BCUT2D eigenvalue weighted by atomic mass is 10.1. The lowest BCUT2D eigenvalue weighted by Gasteiger charge is -2.13. The van der Waals surface area contributed by atoms with Crippen molar-refractivity contribution in [2.24, 2.45) is 14.1 Å². The Bertz CT molecular complexity index is 865. The first-order chi connectivity index (χ1) is 11.3. The molecule has 0 saturated heterocycles. The van der Waals surface area contributed by atoms with Gasteiger partial charge in [0.05, 0.1) is 0 Å². The van der Waals surface area contributed by atoms with E-state index in [-0.39, 0.29) is 18.0 Å². The Morgan fingerprint density at radius 1 is 1.21 bits per heavy atom. The van der Waals surface area contributed by atoms with Gasteiger partial charge in [0.15, 0.2) is 0 Å². The summed E-state index contributed by atoms with van der Waals surface area (Å²) >= 11 is 0. The molecular formula is C17H22N4O3. The predicted molar refractivity (Wildman–Crippen MR) is 94.6 cm³/mol. The Morgan fingerprint density at radius 3 is 2.58 bits per heavy atom. The molecular weight excluding hydrogens is 308 g/mol. The third kappa shape index (κ3) is 3.92. The summed E-state index contributed by atoms with van der Waals surface area (Å²) in [4.78, 5) is 37.7. The molecule has 1 amide bonds. The number of carbonyl (C=O) groups excluding carboxylic acids is 1. The van der Waals surface area contributed by atoms with Crippen LogP contribution in [0.4, 0.5) is 11.4 Å². The summed E-state index contributed by atoms with van der Waals surface area (Å²) in [7, 11) is 6.83. The Labute approximate surface area is 140 Å². The van der Waals surface area contributed by atoms with Crippen LogP contribution in [0.2, 0.25) is 0 Å². The number of benzene rings is 1. The van der Waals surface area contributed by atoms with Gasteiger partial charge in [0.1, 0.15) is 5.69 Å². The lowest BCUT2D eigenvalue weighted by molar-refractivity contribution is -0.116. The number of aryl methyl sites for hydroxylation is 2. The van der Waals surface area contributed by atoms with E-state index >= 15 is 0 Å². The smallest absolute Gasteiger partial charge is 0.330 e. The van der Waals surface area contributed by atoms with Crippen LogP contribution >= 0.6 is 0 Å². The van der Waals surface area contributed by atoms with E-state index in [1.807, 2.05) is 43.3 Å². The number of hydrogen-bond acceptors (Lipinski definition) is 4. The standard InChI is InChI=1S/C17H22N4O3/c1-19(2)13-7-5-6-12(10-13)8-9-15(22)18-14-11-20(3)17(24)21(4)16(14)23/h5-7,10-11H,8-9H2,1-4H3,(H,18,22). The van der Waals surface area contributed by atoms with E-state index in [2.05, 4.69) is 5.32 Å². The topological polar surface area (TPSA) is 76.3 Å². The van der Waals surface area contributed by atoms with Gasteiger partial charge < -0.3 is 14.8 Å². The number of carbonyl (C=O) groups is 1. The molecule has 1 N–H and O–H groups in total. The fourth-order valence-corrected chi connectivity index (χ4v) is 2.35. The van der Waals surface area contributed by atoms with Crippen molar-refractivity contribution in [3.05, 3.63) is 56.9 Å². The molecule has 0 aliphatic heterocycles. The first-order valence-corrected chi connectivity index (χ1v) is 7.62. The maximum atomic E-state index is 12.1. The van der Waals surface area contributed by atoms with Gasteiger partial charge in [-0.25, -0.2) is 4.79 Å². The highest BCUT2D eigenvalue weighted by atomic mass is 16.2. The third-order valence-corrected chi connectivity index (χ3v) is 3.79. The molecule has 7 nitrogen and oxygen atoms in total. The van der Waals surface area contributed by atoms with Crippen molar-refractivity contribution in [1.29, 1.82) is 0 Å². The molecule has 0 aliphatic carbocycles. The first kappa shape index (κ1) is 17.5. The Balaban J connectivity index is 2.06. The highest BCUT2D eigenvalue weighted by Gasteiger charge is 2.10. The molecule has 24 heavy (non-hydrogen) atoms. The molecule has 7 heteroatoms. The maximum Gasteiger partial charge on any atom is 0.330 e. The second-order valence-electron chi connectivity index (χ2n) is 5.91. The van der Waals surface area contributed by atoms with Crippen LogP contribution < -0.4 is 21.5 Å². The second-order valence-corrected chi connectivity index (χ2v) is 5.91. The van der Waals surface area contributed by atoms with Crippen molar-refractivity contribution < 1.29 is 4.79 Å². The van der Waals surface area contributed by atoms with Gasteiger partial charge in [0.25, 0.3) is 5.56 Å². The van der Waals surface area contributed by atoms with Gasteiger partial charge in [-0.05, 0) is 24.1 Å². The average Bonchev–Trinajstić information content (AvgIpc) is 2.56. The molecule has 0 saturated carbocycles. The normalized spacial score (nSPS) is 10.5. The fourth-order valence-electron chi connectivity index (χ4n) is 2.35. The van der Waals surface area contributed by atoms with Crippen molar-refractivity contribution in [3.8, 4) is 0 Å². The van der Waals surface area contributed by atoms with E-state index in [0.717, 1.165) is 15.8 Å². The molecule has 0 bridgehead atoms. The SMILES string of the molecule is CN(C)c1cccc(CCC(=O)Nc2cn(C)c(=O)n(C)c2=O)c1. The molecule has 1 heterocycles. The molecule has 1 aromatic heterocycles. The number of nitrogens with zero attached hydrogens (tertiary/aromatic N) is 3. The summed E-state index contributed by atoms with van der Waals surface area (Å²) in [6.07, 6.45) is 2.16. The highest BCUT2D eigenvalue weighted by Crippen LogP contribution is 2.14. The van der Waals surface area contributed by atoms with E-state index in [0.29, 0.717) is 6.42 Å². The van der Waals surface area contributed by atoms with Gasteiger partial charge in [0.2, 0.25) is 5.91 Å². The van der Waals surface area contributed by atoms with Crippen molar-refractivity contribution in [2.45, 2.75) is 12.8 Å². The zero-order chi connectivity index (χ0) is 17.9. The van der Waals surface area contributed by atoms with Crippen LogP contribution in [0.5, 0.6) is 0 Å². The molecule has 0 radical (unpaired) electrons. The van der Waals surface area contributed by atoms with Gasteiger partial charge in [-0.1, -0.05) is 12.1 Å². The van der Waals surface area contributed by atoms with Gasteiger partial charge in [-0.15, -0.1) is 0 Å². The van der Waals surface area contributed by atoms with Gasteiger partial charge in [0, 0.05) is 46.5 Å². The number of hydrogen-bond donors (Lipinski definition) is 1. The van der Waals surface area contributed by atoms with Gasteiger partial charge in [-0.3, -0.25) is 14.2 Å². The molecule has 0 atom stereocenters. The minimum atomic E-state index is -0.513. The zero-order valence-corrected chi connectivity index (χ0v) is 14.4. The predicted octanol–water partition coefficient (Wildman–Crippen LogP) is 0.721. The molecule has 2 rings (SSSR count). The molecule has 0 unspecified atom stereocenters. The van der Waals surface area contributed by atoms with Crippen LogP contribution in [0, 0.1) is 0 Å². The number of rotatable bonds is 5. The van der Waals surface area contributed by atoms with Crippen LogP contribution in [0.25, 0.3) is 0 Å². The third-order valence-electron chi connectivity index (χ3n) is 3.79. The van der Waals surface area contributed by atoms with Crippen molar-refractivity contribution in [1.82, 2.24) is 9.13 Å². The minimum Gasteiger partial charge on any atom is -0.378 e. The summed E-state index contributed by atoms with van der Waals surface area (Å²) in [5, 5.41) is 2.58. The molecule has 1 aromatic carbocycles. The number of anilines is 2. The van der Waals surface area contributed by atoms with E-state index in [9.17, 15) is 14.4 Å². The minimum absolute atomic E-state index is 0.103. The summed E-state index contributed by atoms with van der Waals surface area (Å²) in [5.41, 5.74) is 1.27. The van der Waals surface area contributed by atoms with Crippen LogP contribution in [0.3, 0.4) is 0 Å². The van der Waals surface area contributed by atoms with Crippen molar-refractivity contribution in [3.63, 3.8) is 0 Å². The molecule has 128 valence electrons. The van der Waals surface area contributed by atoms with Gasteiger partial charge >= 0.3 is 5.69 Å². The van der Waals surface area contributed by atoms with E-state index in [1.165, 1.54) is 24.9 Å². The monoisotopic (exact) mass is 330 g/mol.